The van der Waals surface area contributed by atoms with Gasteiger partial charge in [0.2, 0.25) is 0 Å². The summed E-state index contributed by atoms with van der Waals surface area (Å²) >= 11 is 0. The summed E-state index contributed by atoms with van der Waals surface area (Å²) in [6.07, 6.45) is 0.566. The van der Waals surface area contributed by atoms with Gasteiger partial charge in [-0.25, -0.2) is 4.99 Å². The van der Waals surface area contributed by atoms with E-state index in [1.165, 1.54) is 11.1 Å². The number of hydrogen-bond donors (Lipinski definition) is 1. The van der Waals surface area contributed by atoms with Gasteiger partial charge in [0.15, 0.2) is 5.96 Å². The van der Waals surface area contributed by atoms with Crippen LogP contribution in [0.2, 0.25) is 0 Å². The normalized spacial score (nSPS) is 26.0. The zero-order valence-corrected chi connectivity index (χ0v) is 15.4. The highest BCUT2D eigenvalue weighted by Crippen LogP contribution is 2.17. The van der Waals surface area contributed by atoms with E-state index in [4.69, 9.17) is 15.2 Å². The molecule has 1 aromatic rings. The molecule has 25 heavy (non-hydrogen) atoms. The predicted octanol–water partition coefficient (Wildman–Crippen LogP) is 1.44. The van der Waals surface area contributed by atoms with Crippen molar-refractivity contribution in [3.63, 3.8) is 0 Å². The lowest BCUT2D eigenvalue weighted by Crippen LogP contribution is -2.45. The molecule has 2 aliphatic heterocycles. The molecule has 2 unspecified atom stereocenters. The highest BCUT2D eigenvalue weighted by Gasteiger charge is 2.22. The van der Waals surface area contributed by atoms with Gasteiger partial charge in [-0.1, -0.05) is 24.3 Å². The highest BCUT2D eigenvalue weighted by molar-refractivity contribution is 5.78. The Labute approximate surface area is 150 Å². The summed E-state index contributed by atoms with van der Waals surface area (Å²) in [6.45, 7) is 10.9. The van der Waals surface area contributed by atoms with Gasteiger partial charge in [-0.3, -0.25) is 4.90 Å². The molecule has 0 radical (unpaired) electrons. The number of nitrogens with zero attached hydrogens (tertiary/aromatic N) is 3. The Morgan fingerprint density at radius 1 is 1.12 bits per heavy atom. The molecule has 6 heteroatoms. The molecule has 0 saturated carbocycles. The lowest BCUT2D eigenvalue weighted by Gasteiger charge is -2.35. The SMILES string of the molecule is CC1CN(Cc2ccccc2CN=C(N)N2CCOCC2)CC(C)O1. The van der Waals surface area contributed by atoms with Crippen LogP contribution in [0.4, 0.5) is 0 Å². The second-order valence-electron chi connectivity index (χ2n) is 6.99. The molecule has 0 aliphatic carbocycles. The zero-order chi connectivity index (χ0) is 17.6. The molecule has 2 saturated heterocycles. The Hall–Kier alpha value is -1.63. The quantitative estimate of drug-likeness (QED) is 0.660. The Morgan fingerprint density at radius 3 is 2.44 bits per heavy atom. The molecule has 2 aliphatic rings. The smallest absolute Gasteiger partial charge is 0.191 e. The number of benzene rings is 1. The Morgan fingerprint density at radius 2 is 1.76 bits per heavy atom. The van der Waals surface area contributed by atoms with Crippen LogP contribution in [-0.4, -0.2) is 67.4 Å². The first-order valence-corrected chi connectivity index (χ1v) is 9.19. The van der Waals surface area contributed by atoms with E-state index in [0.717, 1.165) is 45.9 Å². The molecule has 0 spiro atoms. The molecule has 2 N–H and O–H groups in total. The van der Waals surface area contributed by atoms with Gasteiger partial charge in [0.1, 0.15) is 0 Å². The zero-order valence-electron chi connectivity index (χ0n) is 15.4. The van der Waals surface area contributed by atoms with Gasteiger partial charge >= 0.3 is 0 Å². The molecule has 2 fully saturated rings. The van der Waals surface area contributed by atoms with Crippen LogP contribution in [0.1, 0.15) is 25.0 Å². The first-order chi connectivity index (χ1) is 12.1. The van der Waals surface area contributed by atoms with Crippen molar-refractivity contribution in [3.8, 4) is 0 Å². The number of hydrogen-bond acceptors (Lipinski definition) is 4. The third kappa shape index (κ3) is 5.17. The molecular weight excluding hydrogens is 316 g/mol. The monoisotopic (exact) mass is 346 g/mol. The van der Waals surface area contributed by atoms with E-state index in [-0.39, 0.29) is 12.2 Å². The molecule has 3 rings (SSSR count). The van der Waals surface area contributed by atoms with Crippen LogP contribution in [0.3, 0.4) is 0 Å². The maximum atomic E-state index is 6.16. The Balaban J connectivity index is 1.64. The highest BCUT2D eigenvalue weighted by atomic mass is 16.5. The average Bonchev–Trinajstić information content (AvgIpc) is 2.60. The van der Waals surface area contributed by atoms with E-state index < -0.39 is 0 Å². The minimum absolute atomic E-state index is 0.283. The van der Waals surface area contributed by atoms with Gasteiger partial charge in [0, 0.05) is 32.7 Å². The van der Waals surface area contributed by atoms with E-state index in [1.807, 2.05) is 0 Å². The number of morpholine rings is 2. The molecule has 1 aromatic carbocycles. The van der Waals surface area contributed by atoms with Crippen molar-refractivity contribution < 1.29 is 9.47 Å². The summed E-state index contributed by atoms with van der Waals surface area (Å²) in [7, 11) is 0. The van der Waals surface area contributed by atoms with Crippen LogP contribution in [0.25, 0.3) is 0 Å². The first-order valence-electron chi connectivity index (χ1n) is 9.19. The van der Waals surface area contributed by atoms with E-state index >= 15 is 0 Å². The largest absolute Gasteiger partial charge is 0.378 e. The third-order valence-corrected chi connectivity index (χ3v) is 4.75. The van der Waals surface area contributed by atoms with E-state index in [9.17, 15) is 0 Å². The van der Waals surface area contributed by atoms with Crippen LogP contribution in [0.5, 0.6) is 0 Å². The summed E-state index contributed by atoms with van der Waals surface area (Å²) in [5, 5.41) is 0. The maximum absolute atomic E-state index is 6.16. The predicted molar refractivity (Wildman–Crippen MR) is 99.4 cm³/mol. The van der Waals surface area contributed by atoms with Crippen LogP contribution >= 0.6 is 0 Å². The van der Waals surface area contributed by atoms with Gasteiger partial charge < -0.3 is 20.1 Å². The van der Waals surface area contributed by atoms with Gasteiger partial charge in [0.05, 0.1) is 32.0 Å². The first kappa shape index (κ1) is 18.2. The number of guanidine groups is 1. The number of nitrogens with two attached hydrogens (primary N) is 1. The summed E-state index contributed by atoms with van der Waals surface area (Å²) < 4.78 is 11.2. The second kappa shape index (κ2) is 8.65. The fraction of sp³-hybridized carbons (Fsp3) is 0.632. The number of rotatable bonds is 4. The second-order valence-corrected chi connectivity index (χ2v) is 6.99. The number of ether oxygens (including phenoxy) is 2. The molecule has 138 valence electrons. The summed E-state index contributed by atoms with van der Waals surface area (Å²) in [6, 6.07) is 8.52. The third-order valence-electron chi connectivity index (χ3n) is 4.75. The van der Waals surface area contributed by atoms with Crippen molar-refractivity contribution in [3.05, 3.63) is 35.4 Å². The lowest BCUT2D eigenvalue weighted by atomic mass is 10.1. The lowest BCUT2D eigenvalue weighted by molar-refractivity contribution is -0.0705. The summed E-state index contributed by atoms with van der Waals surface area (Å²) in [5.74, 6) is 0.617. The molecular formula is C19H30N4O2. The minimum atomic E-state index is 0.283. The fourth-order valence-corrected chi connectivity index (χ4v) is 3.58. The van der Waals surface area contributed by atoms with Crippen LogP contribution in [0.15, 0.2) is 29.3 Å². The maximum Gasteiger partial charge on any atom is 0.191 e. The Bertz CT molecular complexity index is 577. The van der Waals surface area contributed by atoms with Gasteiger partial charge in [-0.05, 0) is 25.0 Å². The molecule has 0 bridgehead atoms. The van der Waals surface area contributed by atoms with Crippen molar-refractivity contribution in [2.45, 2.75) is 39.1 Å². The van der Waals surface area contributed by atoms with Gasteiger partial charge in [-0.15, -0.1) is 0 Å². The molecule has 0 aromatic heterocycles. The molecule has 2 heterocycles. The summed E-state index contributed by atoms with van der Waals surface area (Å²) in [4.78, 5) is 9.18. The van der Waals surface area contributed by atoms with E-state index in [0.29, 0.717) is 12.5 Å². The van der Waals surface area contributed by atoms with Crippen molar-refractivity contribution in [2.24, 2.45) is 10.7 Å². The fourth-order valence-electron chi connectivity index (χ4n) is 3.58. The van der Waals surface area contributed by atoms with Crippen molar-refractivity contribution in [1.82, 2.24) is 9.80 Å². The van der Waals surface area contributed by atoms with Gasteiger partial charge in [-0.2, -0.15) is 0 Å². The van der Waals surface area contributed by atoms with E-state index in [1.54, 1.807) is 0 Å². The summed E-state index contributed by atoms with van der Waals surface area (Å²) in [5.41, 5.74) is 8.72. The number of aliphatic imine (C=N–C) groups is 1. The topological polar surface area (TPSA) is 63.3 Å². The van der Waals surface area contributed by atoms with Crippen molar-refractivity contribution in [2.75, 3.05) is 39.4 Å². The van der Waals surface area contributed by atoms with Gasteiger partial charge in [0.25, 0.3) is 0 Å². The van der Waals surface area contributed by atoms with Crippen LogP contribution < -0.4 is 5.73 Å². The Kier molecular flexibility index (Phi) is 6.29. The van der Waals surface area contributed by atoms with Crippen LogP contribution in [-0.2, 0) is 22.6 Å². The van der Waals surface area contributed by atoms with Crippen LogP contribution in [0, 0.1) is 0 Å². The molecule has 2 atom stereocenters. The molecule has 0 amide bonds. The van der Waals surface area contributed by atoms with E-state index in [2.05, 4.69) is 52.9 Å². The average molecular weight is 346 g/mol. The minimum Gasteiger partial charge on any atom is -0.378 e. The molecule has 6 nitrogen and oxygen atoms in total. The van der Waals surface area contributed by atoms with Crippen molar-refractivity contribution >= 4 is 5.96 Å². The standard InChI is InChI=1S/C19H30N4O2/c1-15-12-22(13-16(2)25-15)14-18-6-4-3-5-17(18)11-21-19(20)23-7-9-24-10-8-23/h3-6,15-16H,7-14H2,1-2H3,(H2,20,21). The van der Waals surface area contributed by atoms with Crippen molar-refractivity contribution in [1.29, 1.82) is 0 Å².